The van der Waals surface area contributed by atoms with Crippen LogP contribution in [0.25, 0.3) is 0 Å². The lowest BCUT2D eigenvalue weighted by Crippen LogP contribution is -2.48. The predicted octanol–water partition coefficient (Wildman–Crippen LogP) is 2.44. The number of benzene rings is 1. The Balaban J connectivity index is 0.00000225. The molecule has 2 aromatic rings. The number of piperazine rings is 1. The summed E-state index contributed by atoms with van der Waals surface area (Å²) in [6.07, 6.45) is 0.968. The van der Waals surface area contributed by atoms with Gasteiger partial charge < -0.3 is 9.84 Å². The van der Waals surface area contributed by atoms with Gasteiger partial charge in [0.1, 0.15) is 5.75 Å². The van der Waals surface area contributed by atoms with E-state index < -0.39 is 10.0 Å². The molecule has 8 heteroatoms. The van der Waals surface area contributed by atoms with E-state index in [9.17, 15) is 8.42 Å². The topological polar surface area (TPSA) is 75.4 Å². The van der Waals surface area contributed by atoms with Crippen molar-refractivity contribution in [2.45, 2.75) is 32.1 Å². The summed E-state index contributed by atoms with van der Waals surface area (Å²) < 4.78 is 32.4. The van der Waals surface area contributed by atoms with E-state index in [4.69, 9.17) is 4.52 Å². The van der Waals surface area contributed by atoms with Crippen LogP contribution >= 0.6 is 12.4 Å². The van der Waals surface area contributed by atoms with Gasteiger partial charge in [0.05, 0.1) is 11.7 Å². The highest BCUT2D eigenvalue weighted by molar-refractivity contribution is 7.88. The van der Waals surface area contributed by atoms with E-state index >= 15 is 0 Å². The SMILES string of the molecule is CCc1ccc(C2CNCCN2S(=O)(=O)Cc2cc(C)no2)cc1.Cl. The van der Waals surface area contributed by atoms with E-state index in [0.29, 0.717) is 31.1 Å². The van der Waals surface area contributed by atoms with Crippen LogP contribution in [0.4, 0.5) is 0 Å². The van der Waals surface area contributed by atoms with Crippen molar-refractivity contribution in [1.82, 2.24) is 14.8 Å². The zero-order valence-electron chi connectivity index (χ0n) is 14.4. The summed E-state index contributed by atoms with van der Waals surface area (Å²) >= 11 is 0. The second-order valence-electron chi connectivity index (χ2n) is 6.12. The Hall–Kier alpha value is -1.41. The minimum Gasteiger partial charge on any atom is -0.360 e. The molecule has 6 nitrogen and oxygen atoms in total. The monoisotopic (exact) mass is 385 g/mol. The Kier molecular flexibility index (Phi) is 6.62. The van der Waals surface area contributed by atoms with Crippen molar-refractivity contribution >= 4 is 22.4 Å². The molecule has 1 aliphatic rings. The number of nitrogens with zero attached hydrogens (tertiary/aromatic N) is 2. The number of nitrogens with one attached hydrogen (secondary N) is 1. The van der Waals surface area contributed by atoms with Crippen LogP contribution in [0, 0.1) is 6.92 Å². The van der Waals surface area contributed by atoms with Gasteiger partial charge in [0.2, 0.25) is 10.0 Å². The molecule has 0 amide bonds. The number of sulfonamides is 1. The first-order chi connectivity index (χ1) is 11.5. The van der Waals surface area contributed by atoms with Gasteiger partial charge >= 0.3 is 0 Å². The highest BCUT2D eigenvalue weighted by Gasteiger charge is 2.34. The van der Waals surface area contributed by atoms with Crippen LogP contribution in [-0.4, -0.2) is 37.5 Å². The van der Waals surface area contributed by atoms with E-state index in [1.165, 1.54) is 5.56 Å². The van der Waals surface area contributed by atoms with Gasteiger partial charge in [0.15, 0.2) is 5.76 Å². The molecule has 2 heterocycles. The first-order valence-corrected chi connectivity index (χ1v) is 9.82. The Morgan fingerprint density at radius 1 is 1.32 bits per heavy atom. The number of aryl methyl sites for hydroxylation is 2. The van der Waals surface area contributed by atoms with Crippen LogP contribution in [0.2, 0.25) is 0 Å². The maximum atomic E-state index is 12.9. The molecule has 0 radical (unpaired) electrons. The van der Waals surface area contributed by atoms with Crippen molar-refractivity contribution in [2.24, 2.45) is 0 Å². The minimum atomic E-state index is -3.48. The maximum absolute atomic E-state index is 12.9. The van der Waals surface area contributed by atoms with Crippen molar-refractivity contribution < 1.29 is 12.9 Å². The van der Waals surface area contributed by atoms with Crippen LogP contribution in [0.15, 0.2) is 34.9 Å². The van der Waals surface area contributed by atoms with Crippen molar-refractivity contribution in [1.29, 1.82) is 0 Å². The molecule has 1 atom stereocenters. The number of hydrogen-bond acceptors (Lipinski definition) is 5. The molecule has 1 aliphatic heterocycles. The normalized spacial score (nSPS) is 18.7. The Labute approximate surface area is 155 Å². The number of rotatable bonds is 5. The molecule has 3 rings (SSSR count). The quantitative estimate of drug-likeness (QED) is 0.855. The number of aromatic nitrogens is 1. The molecule has 1 saturated heterocycles. The molecule has 1 N–H and O–H groups in total. The average Bonchev–Trinajstić information content (AvgIpc) is 2.99. The van der Waals surface area contributed by atoms with Gasteiger partial charge in [-0.3, -0.25) is 0 Å². The lowest BCUT2D eigenvalue weighted by Gasteiger charge is -2.35. The molecule has 0 spiro atoms. The summed E-state index contributed by atoms with van der Waals surface area (Å²) in [6.45, 7) is 5.60. The summed E-state index contributed by atoms with van der Waals surface area (Å²) in [5, 5.41) is 7.06. The van der Waals surface area contributed by atoms with E-state index in [2.05, 4.69) is 29.5 Å². The second-order valence-corrected chi connectivity index (χ2v) is 8.04. The zero-order chi connectivity index (χ0) is 17.2. The first-order valence-electron chi connectivity index (χ1n) is 8.21. The highest BCUT2D eigenvalue weighted by Crippen LogP contribution is 2.27. The third-order valence-corrected chi connectivity index (χ3v) is 6.13. The van der Waals surface area contributed by atoms with Gasteiger partial charge in [-0.15, -0.1) is 12.4 Å². The third-order valence-electron chi connectivity index (χ3n) is 4.33. The lowest BCUT2D eigenvalue weighted by atomic mass is 10.0. The van der Waals surface area contributed by atoms with E-state index in [1.807, 2.05) is 12.1 Å². The van der Waals surface area contributed by atoms with Gasteiger partial charge in [0.25, 0.3) is 0 Å². The Morgan fingerprint density at radius 2 is 2.04 bits per heavy atom. The maximum Gasteiger partial charge on any atom is 0.222 e. The summed E-state index contributed by atoms with van der Waals surface area (Å²) in [4.78, 5) is 0. The van der Waals surface area contributed by atoms with E-state index in [-0.39, 0.29) is 24.2 Å². The molecule has 1 aromatic carbocycles. The molecule has 0 saturated carbocycles. The fourth-order valence-corrected chi connectivity index (χ4v) is 4.64. The molecule has 25 heavy (non-hydrogen) atoms. The van der Waals surface area contributed by atoms with Crippen LogP contribution in [0.5, 0.6) is 0 Å². The highest BCUT2D eigenvalue weighted by atomic mass is 35.5. The standard InChI is InChI=1S/C17H23N3O3S.ClH/c1-3-14-4-6-15(7-5-14)17-11-18-8-9-20(17)24(21,22)12-16-10-13(2)19-23-16;/h4-7,10,17-18H,3,8-9,11-12H2,1-2H3;1H. The largest absolute Gasteiger partial charge is 0.360 e. The summed E-state index contributed by atoms with van der Waals surface area (Å²) in [6, 6.07) is 9.65. The van der Waals surface area contributed by atoms with E-state index in [1.54, 1.807) is 17.3 Å². The van der Waals surface area contributed by atoms with Crippen molar-refractivity contribution in [2.75, 3.05) is 19.6 Å². The van der Waals surface area contributed by atoms with Crippen LogP contribution in [-0.2, 0) is 22.2 Å². The zero-order valence-corrected chi connectivity index (χ0v) is 16.1. The molecule has 138 valence electrons. The lowest BCUT2D eigenvalue weighted by molar-refractivity contribution is 0.269. The van der Waals surface area contributed by atoms with Crippen molar-refractivity contribution in [3.05, 3.63) is 52.9 Å². The van der Waals surface area contributed by atoms with Crippen LogP contribution in [0.3, 0.4) is 0 Å². The summed E-state index contributed by atoms with van der Waals surface area (Å²) in [5.41, 5.74) is 2.94. The fourth-order valence-electron chi connectivity index (χ4n) is 3.03. The van der Waals surface area contributed by atoms with Gasteiger partial charge in [-0.25, -0.2) is 8.42 Å². The van der Waals surface area contributed by atoms with Gasteiger partial charge in [-0.2, -0.15) is 4.31 Å². The molecule has 1 fully saturated rings. The molecular weight excluding hydrogens is 362 g/mol. The smallest absolute Gasteiger partial charge is 0.222 e. The average molecular weight is 386 g/mol. The van der Waals surface area contributed by atoms with Gasteiger partial charge in [0, 0.05) is 25.7 Å². The van der Waals surface area contributed by atoms with E-state index in [0.717, 1.165) is 12.0 Å². The van der Waals surface area contributed by atoms with Crippen LogP contribution < -0.4 is 5.32 Å². The molecule has 1 unspecified atom stereocenters. The Morgan fingerprint density at radius 3 is 2.64 bits per heavy atom. The minimum absolute atomic E-state index is 0. The Bertz CT molecular complexity index is 790. The summed E-state index contributed by atoms with van der Waals surface area (Å²) in [5.74, 6) is 0.225. The van der Waals surface area contributed by atoms with Gasteiger partial charge in [-0.1, -0.05) is 36.3 Å². The third kappa shape index (κ3) is 4.61. The number of hydrogen-bond donors (Lipinski definition) is 1. The molecule has 0 aliphatic carbocycles. The predicted molar refractivity (Wildman–Crippen MR) is 99.2 cm³/mol. The second kappa shape index (κ2) is 8.31. The molecular formula is C17H24ClN3O3S. The number of halogens is 1. The first kappa shape index (κ1) is 19.9. The molecule has 1 aromatic heterocycles. The molecule has 0 bridgehead atoms. The van der Waals surface area contributed by atoms with Gasteiger partial charge in [-0.05, 0) is 24.5 Å². The summed E-state index contributed by atoms with van der Waals surface area (Å²) in [7, 11) is -3.48. The fraction of sp³-hybridized carbons (Fsp3) is 0.471. The van der Waals surface area contributed by atoms with Crippen molar-refractivity contribution in [3.63, 3.8) is 0 Å². The van der Waals surface area contributed by atoms with Crippen LogP contribution in [0.1, 0.15) is 35.5 Å². The van der Waals surface area contributed by atoms with Crippen molar-refractivity contribution in [3.8, 4) is 0 Å².